The van der Waals surface area contributed by atoms with Crippen molar-refractivity contribution >= 4 is 37.1 Å². The summed E-state index contributed by atoms with van der Waals surface area (Å²) in [5.74, 6) is 1.49. The molecule has 0 amide bonds. The van der Waals surface area contributed by atoms with Gasteiger partial charge in [0.15, 0.2) is 0 Å². The predicted octanol–water partition coefficient (Wildman–Crippen LogP) is 7.61. The monoisotopic (exact) mass is 517 g/mol. The molecule has 4 aromatic rings. The summed E-state index contributed by atoms with van der Waals surface area (Å²) in [4.78, 5) is 0. The average molecular weight is 518 g/mol. The molecule has 1 saturated carbocycles. The molecule has 0 unspecified atom stereocenters. The molecule has 1 atom stereocenters. The number of rotatable bonds is 7. The molecule has 0 aromatic heterocycles. The van der Waals surface area contributed by atoms with Crippen LogP contribution in [0.3, 0.4) is 0 Å². The maximum atomic E-state index is 2.46. The van der Waals surface area contributed by atoms with E-state index in [9.17, 15) is 0 Å². The normalized spacial score (nSPS) is 15.5. The minimum Gasteiger partial charge on any atom is -0.0622 e. The minimum atomic E-state index is -0.639. The second-order valence-electron chi connectivity index (χ2n) is 10.1. The van der Waals surface area contributed by atoms with Gasteiger partial charge in [-0.2, -0.15) is 0 Å². The molecule has 0 spiro atoms. The van der Waals surface area contributed by atoms with Gasteiger partial charge < -0.3 is 0 Å². The molecule has 4 aromatic carbocycles. The molecule has 1 aliphatic rings. The van der Waals surface area contributed by atoms with Gasteiger partial charge in [0, 0.05) is 5.66 Å². The Kier molecular flexibility index (Phi) is 8.29. The molecule has 185 valence electrons. The highest BCUT2D eigenvalue weighted by Crippen LogP contribution is 2.61. The Balaban J connectivity index is 1.60. The zero-order valence-corrected chi connectivity index (χ0v) is 24.2. The Hall–Kier alpha value is -2.26. The third kappa shape index (κ3) is 5.93. The van der Waals surface area contributed by atoms with Gasteiger partial charge in [-0.3, -0.25) is 0 Å². The van der Waals surface area contributed by atoms with Crippen molar-refractivity contribution in [3.8, 4) is 0 Å². The molecule has 5 rings (SSSR count). The predicted molar refractivity (Wildman–Crippen MR) is 166 cm³/mol. The van der Waals surface area contributed by atoms with Crippen LogP contribution in [-0.2, 0) is 0 Å². The van der Waals surface area contributed by atoms with Crippen molar-refractivity contribution in [2.24, 2.45) is 0 Å². The van der Waals surface area contributed by atoms with Gasteiger partial charge >= 0.3 is 0 Å². The van der Waals surface area contributed by atoms with Gasteiger partial charge in [0.1, 0.15) is 0 Å². The average Bonchev–Trinajstić information content (AvgIpc) is 3.34. The highest BCUT2D eigenvalue weighted by atomic mass is 31.1. The molecular weight excluding hydrogens is 482 g/mol. The van der Waals surface area contributed by atoms with Crippen LogP contribution >= 0.6 is 15.8 Å². The van der Waals surface area contributed by atoms with Crippen LogP contribution in [-0.4, -0.2) is 5.66 Å². The summed E-state index contributed by atoms with van der Waals surface area (Å²) in [5, 5.41) is 5.76. The second kappa shape index (κ2) is 11.6. The topological polar surface area (TPSA) is 0 Å². The van der Waals surface area contributed by atoms with Crippen LogP contribution < -0.4 is 21.2 Å². The number of hydrogen-bond acceptors (Lipinski definition) is 0. The fourth-order valence-electron chi connectivity index (χ4n) is 5.48. The molecule has 0 aliphatic heterocycles. The Labute approximate surface area is 227 Å². The first-order chi connectivity index (χ1) is 17.9. The zero-order chi connectivity index (χ0) is 25.9. The van der Waals surface area contributed by atoms with Gasteiger partial charge in [0.05, 0.1) is 0 Å². The fraction of sp³-hybridized carbons (Fsp3) is 0.171. The molecule has 0 heterocycles. The third-order valence-electron chi connectivity index (χ3n) is 6.90. The molecule has 0 saturated heterocycles. The van der Waals surface area contributed by atoms with Crippen LogP contribution in [0, 0.1) is 58.5 Å². The Morgan fingerprint density at radius 3 is 1.38 bits per heavy atom. The van der Waals surface area contributed by atoms with Crippen molar-refractivity contribution in [2.75, 3.05) is 0 Å². The molecule has 0 bridgehead atoms. The largest absolute Gasteiger partial charge is 0.0622 e. The van der Waals surface area contributed by atoms with E-state index in [0.717, 1.165) is 0 Å². The lowest BCUT2D eigenvalue weighted by Crippen LogP contribution is -2.29. The zero-order valence-electron chi connectivity index (χ0n) is 22.4. The first-order valence-electron chi connectivity index (χ1n) is 13.0. The van der Waals surface area contributed by atoms with E-state index in [4.69, 9.17) is 0 Å². The van der Waals surface area contributed by atoms with Gasteiger partial charge in [-0.05, 0) is 95.6 Å². The Morgan fingerprint density at radius 1 is 0.514 bits per heavy atom. The summed E-state index contributed by atoms with van der Waals surface area (Å²) in [6, 6.07) is 36.4. The summed E-state index contributed by atoms with van der Waals surface area (Å²) >= 11 is 0. The molecular formula is C35H35P2. The second-order valence-corrected chi connectivity index (χ2v) is 14.8. The van der Waals surface area contributed by atoms with Crippen molar-refractivity contribution in [1.82, 2.24) is 0 Å². The number of hydrogen-bond donors (Lipinski definition) is 0. The Bertz CT molecular complexity index is 1200. The lowest BCUT2D eigenvalue weighted by atomic mass is 10.0. The molecule has 0 N–H and O–H groups in total. The van der Waals surface area contributed by atoms with E-state index in [-0.39, 0.29) is 0 Å². The van der Waals surface area contributed by atoms with E-state index in [1.807, 2.05) is 0 Å². The summed E-state index contributed by atoms with van der Waals surface area (Å²) in [6.07, 6.45) is 7.05. The highest BCUT2D eigenvalue weighted by Gasteiger charge is 2.42. The van der Waals surface area contributed by atoms with Gasteiger partial charge in [0.2, 0.25) is 0 Å². The molecule has 5 radical (unpaired) electrons. The van der Waals surface area contributed by atoms with Crippen LogP contribution in [0.1, 0.15) is 29.2 Å². The summed E-state index contributed by atoms with van der Waals surface area (Å²) in [6.45, 7) is 11.4. The first kappa shape index (κ1) is 26.4. The van der Waals surface area contributed by atoms with Crippen LogP contribution in [0.4, 0.5) is 0 Å². The number of aryl methyl sites for hydroxylation is 4. The molecule has 1 aliphatic carbocycles. The minimum absolute atomic E-state index is 0.389. The maximum absolute atomic E-state index is 2.46. The van der Waals surface area contributed by atoms with Crippen LogP contribution in [0.5, 0.6) is 0 Å². The van der Waals surface area contributed by atoms with Crippen LogP contribution in [0.2, 0.25) is 0 Å². The van der Waals surface area contributed by atoms with Crippen molar-refractivity contribution in [2.45, 2.75) is 40.3 Å². The molecule has 37 heavy (non-hydrogen) atoms. The van der Waals surface area contributed by atoms with Crippen LogP contribution in [0.25, 0.3) is 0 Å². The highest BCUT2D eigenvalue weighted by molar-refractivity contribution is 7.76. The van der Waals surface area contributed by atoms with Gasteiger partial charge in [0.25, 0.3) is 0 Å². The van der Waals surface area contributed by atoms with Crippen molar-refractivity contribution in [3.05, 3.63) is 150 Å². The van der Waals surface area contributed by atoms with E-state index in [1.165, 1.54) is 55.0 Å². The first-order valence-corrected chi connectivity index (χ1v) is 15.8. The fourth-order valence-corrected chi connectivity index (χ4v) is 11.2. The summed E-state index contributed by atoms with van der Waals surface area (Å²) in [5.41, 5.74) is 7.26. The Morgan fingerprint density at radius 2 is 0.946 bits per heavy atom. The standard InChI is InChI=1S/C35H35P2/c1-25-19-26(2)22-32(21-25)36(33-23-27(3)20-28(4)24-33)29(5)34-17-12-18-35(34)37(30-13-8-6-9-14-30)31-15-10-7-11-16-31/h6-24,29H,1-5H3/t29-/m1/s1. The van der Waals surface area contributed by atoms with Crippen molar-refractivity contribution < 1.29 is 0 Å². The quantitative estimate of drug-likeness (QED) is 0.221. The molecule has 2 heteroatoms. The van der Waals surface area contributed by atoms with Gasteiger partial charge in [-0.1, -0.05) is 126 Å². The van der Waals surface area contributed by atoms with Gasteiger partial charge in [-0.15, -0.1) is 0 Å². The van der Waals surface area contributed by atoms with Gasteiger partial charge in [-0.25, -0.2) is 0 Å². The molecule has 1 fully saturated rings. The van der Waals surface area contributed by atoms with E-state index >= 15 is 0 Å². The third-order valence-corrected chi connectivity index (χ3v) is 12.1. The number of benzene rings is 4. The maximum Gasteiger partial charge on any atom is 0.0201 e. The lowest BCUT2D eigenvalue weighted by molar-refractivity contribution is 1.00. The van der Waals surface area contributed by atoms with E-state index in [2.05, 4.69) is 151 Å². The van der Waals surface area contributed by atoms with E-state index in [0.29, 0.717) is 5.66 Å². The summed E-state index contributed by atoms with van der Waals surface area (Å²) in [7, 11) is -1.24. The SMILES string of the molecule is Cc1cc(C)cc(P(c2cc(C)cc(C)c2)[C@H](C)[C]2[CH][CH][CH][C]2P(c2ccccc2)c2ccccc2)c1. The van der Waals surface area contributed by atoms with E-state index in [1.54, 1.807) is 0 Å². The summed E-state index contributed by atoms with van der Waals surface area (Å²) < 4.78 is 0. The smallest absolute Gasteiger partial charge is 0.0201 e. The lowest BCUT2D eigenvalue weighted by Gasteiger charge is -2.36. The van der Waals surface area contributed by atoms with Crippen LogP contribution in [0.15, 0.2) is 97.1 Å². The van der Waals surface area contributed by atoms with Crippen molar-refractivity contribution in [1.29, 1.82) is 0 Å². The van der Waals surface area contributed by atoms with Crippen molar-refractivity contribution in [3.63, 3.8) is 0 Å². The molecule has 0 nitrogen and oxygen atoms in total. The van der Waals surface area contributed by atoms with E-state index < -0.39 is 15.8 Å².